The second-order valence-electron chi connectivity index (χ2n) is 9.20. The van der Waals surface area contributed by atoms with E-state index in [1.54, 1.807) is 24.3 Å². The molecule has 2 fully saturated rings. The maximum Gasteiger partial charge on any atom is 0.224 e. The zero-order valence-electron chi connectivity index (χ0n) is 19.6. The number of aromatic nitrogens is 1. The van der Waals surface area contributed by atoms with E-state index < -0.39 is 9.84 Å². The zero-order chi connectivity index (χ0) is 24.6. The molecule has 2 aliphatic heterocycles. The molecule has 184 valence electrons. The van der Waals surface area contributed by atoms with Gasteiger partial charge < -0.3 is 9.80 Å². The number of thioether (sulfide) groups is 1. The van der Waals surface area contributed by atoms with Crippen LogP contribution in [-0.4, -0.2) is 60.2 Å². The predicted molar refractivity (Wildman–Crippen MR) is 143 cm³/mol. The first-order valence-corrected chi connectivity index (χ1v) is 14.8. The molecule has 2 aliphatic rings. The lowest BCUT2D eigenvalue weighted by Crippen LogP contribution is -2.53. The number of fused-ring (bicyclic) bond motifs is 1. The highest BCUT2D eigenvalue weighted by Crippen LogP contribution is 2.44. The fourth-order valence-electron chi connectivity index (χ4n) is 5.08. The van der Waals surface area contributed by atoms with Gasteiger partial charge >= 0.3 is 0 Å². The Morgan fingerprint density at radius 3 is 2.57 bits per heavy atom. The number of carbonyl (C=O) groups is 1. The lowest BCUT2D eigenvalue weighted by Gasteiger charge is -2.44. The van der Waals surface area contributed by atoms with Crippen LogP contribution in [-0.2, 0) is 14.6 Å². The number of piperidine rings is 1. The highest BCUT2D eigenvalue weighted by molar-refractivity contribution is 8.00. The van der Waals surface area contributed by atoms with E-state index in [4.69, 9.17) is 11.6 Å². The maximum absolute atomic E-state index is 13.3. The third kappa shape index (κ3) is 5.01. The molecule has 3 heterocycles. The number of benzene rings is 2. The number of hydrogen-bond donors (Lipinski definition) is 0. The summed E-state index contributed by atoms with van der Waals surface area (Å²) in [5, 5.41) is 2.31. The van der Waals surface area contributed by atoms with Crippen molar-refractivity contribution in [3.8, 4) is 0 Å². The molecular weight excluding hydrogens is 502 g/mol. The van der Waals surface area contributed by atoms with Gasteiger partial charge in [-0.2, -0.15) is 0 Å². The molecule has 0 bridgehead atoms. The number of halogens is 1. The largest absolute Gasteiger partial charge is 0.371 e. The first-order chi connectivity index (χ1) is 16.8. The van der Waals surface area contributed by atoms with Crippen LogP contribution in [0.4, 0.5) is 5.69 Å². The van der Waals surface area contributed by atoms with Gasteiger partial charge in [0.15, 0.2) is 9.84 Å². The molecule has 1 aromatic heterocycles. The molecule has 9 heteroatoms. The van der Waals surface area contributed by atoms with Gasteiger partial charge in [0.05, 0.1) is 15.5 Å². The van der Waals surface area contributed by atoms with Gasteiger partial charge in [0.25, 0.3) is 0 Å². The van der Waals surface area contributed by atoms with Gasteiger partial charge in [-0.05, 0) is 66.9 Å². The van der Waals surface area contributed by atoms with E-state index in [0.29, 0.717) is 11.6 Å². The number of anilines is 1. The van der Waals surface area contributed by atoms with Gasteiger partial charge in [0, 0.05) is 54.4 Å². The van der Waals surface area contributed by atoms with Gasteiger partial charge in [-0.15, -0.1) is 11.8 Å². The predicted octanol–water partition coefficient (Wildman–Crippen LogP) is 4.93. The van der Waals surface area contributed by atoms with E-state index in [2.05, 4.69) is 16.0 Å². The van der Waals surface area contributed by atoms with E-state index in [-0.39, 0.29) is 27.8 Å². The maximum atomic E-state index is 13.3. The van der Waals surface area contributed by atoms with Crippen LogP contribution in [0.25, 0.3) is 10.8 Å². The van der Waals surface area contributed by atoms with Crippen molar-refractivity contribution in [2.24, 2.45) is 0 Å². The Balaban J connectivity index is 1.24. The standard InChI is InChI=1S/C26H28ClN3O3S2/c1-19-16-23(6-10-28-19)29-11-8-26(9-12-29)30(13-14-34-26)25(31)7-15-35(32,33)24-5-3-20-17-22(27)4-2-21(20)18-24/h2-6,10,16-18H,7-9,11-15H2,1H3. The number of rotatable bonds is 5. The van der Waals surface area contributed by atoms with Gasteiger partial charge in [-0.1, -0.05) is 23.7 Å². The Morgan fingerprint density at radius 2 is 1.80 bits per heavy atom. The van der Waals surface area contributed by atoms with Gasteiger partial charge in [-0.3, -0.25) is 9.78 Å². The molecule has 0 N–H and O–H groups in total. The molecule has 1 amide bonds. The topological polar surface area (TPSA) is 70.6 Å². The van der Waals surface area contributed by atoms with Crippen molar-refractivity contribution in [3.05, 3.63) is 65.4 Å². The van der Waals surface area contributed by atoms with E-state index in [0.717, 1.165) is 53.8 Å². The Bertz CT molecular complexity index is 1370. The van der Waals surface area contributed by atoms with Crippen molar-refractivity contribution in [2.45, 2.75) is 36.0 Å². The SMILES string of the molecule is Cc1cc(N2CCC3(CC2)SCCN3C(=O)CCS(=O)(=O)c2ccc3cc(Cl)ccc3c2)ccn1. The lowest BCUT2D eigenvalue weighted by atomic mass is 10.0. The quantitative estimate of drug-likeness (QED) is 0.466. The minimum Gasteiger partial charge on any atom is -0.371 e. The van der Waals surface area contributed by atoms with Crippen LogP contribution in [0.1, 0.15) is 25.0 Å². The first-order valence-electron chi connectivity index (χ1n) is 11.8. The zero-order valence-corrected chi connectivity index (χ0v) is 22.0. The van der Waals surface area contributed by atoms with Crippen molar-refractivity contribution in [3.63, 3.8) is 0 Å². The van der Waals surface area contributed by atoms with Crippen molar-refractivity contribution in [1.29, 1.82) is 0 Å². The van der Waals surface area contributed by atoms with E-state index >= 15 is 0 Å². The molecule has 35 heavy (non-hydrogen) atoms. The summed E-state index contributed by atoms with van der Waals surface area (Å²) in [6, 6.07) is 14.5. The number of aryl methyl sites for hydroxylation is 1. The Kier molecular flexibility index (Phi) is 6.72. The molecule has 0 atom stereocenters. The van der Waals surface area contributed by atoms with Crippen LogP contribution < -0.4 is 4.90 Å². The molecule has 3 aromatic rings. The summed E-state index contributed by atoms with van der Waals surface area (Å²) < 4.78 is 26.1. The number of sulfone groups is 1. The van der Waals surface area contributed by atoms with Crippen LogP contribution in [0.15, 0.2) is 59.6 Å². The Hall–Kier alpha value is -2.29. The number of amides is 1. The average Bonchev–Trinajstić information content (AvgIpc) is 3.25. The number of pyridine rings is 1. The van der Waals surface area contributed by atoms with Gasteiger partial charge in [-0.25, -0.2) is 8.42 Å². The van der Waals surface area contributed by atoms with Crippen LogP contribution in [0.5, 0.6) is 0 Å². The van der Waals surface area contributed by atoms with Crippen molar-refractivity contribution < 1.29 is 13.2 Å². The summed E-state index contributed by atoms with van der Waals surface area (Å²) in [6.45, 7) is 4.39. The van der Waals surface area contributed by atoms with Crippen LogP contribution >= 0.6 is 23.4 Å². The smallest absolute Gasteiger partial charge is 0.224 e. The summed E-state index contributed by atoms with van der Waals surface area (Å²) in [6.07, 6.45) is 3.56. The normalized spacial score (nSPS) is 17.9. The molecular formula is C26H28ClN3O3S2. The summed E-state index contributed by atoms with van der Waals surface area (Å²) >= 11 is 7.88. The van der Waals surface area contributed by atoms with Crippen LogP contribution in [0, 0.1) is 6.92 Å². The highest BCUT2D eigenvalue weighted by Gasteiger charge is 2.46. The summed E-state index contributed by atoms with van der Waals surface area (Å²) in [5.74, 6) is 0.629. The van der Waals surface area contributed by atoms with E-state index in [1.165, 1.54) is 0 Å². The molecule has 1 spiro atoms. The highest BCUT2D eigenvalue weighted by atomic mass is 35.5. The monoisotopic (exact) mass is 529 g/mol. The molecule has 0 radical (unpaired) electrons. The molecule has 0 unspecified atom stereocenters. The molecule has 0 saturated carbocycles. The minimum atomic E-state index is -3.58. The molecule has 2 aromatic carbocycles. The second kappa shape index (κ2) is 9.64. The third-order valence-corrected chi connectivity index (χ3v) is 10.5. The number of nitrogens with zero attached hydrogens (tertiary/aromatic N) is 3. The molecule has 5 rings (SSSR count). The van der Waals surface area contributed by atoms with Crippen molar-refractivity contribution in [2.75, 3.05) is 36.0 Å². The van der Waals surface area contributed by atoms with Crippen molar-refractivity contribution >= 4 is 55.6 Å². The first kappa shape index (κ1) is 24.4. The van der Waals surface area contributed by atoms with E-state index in [1.807, 2.05) is 48.0 Å². The van der Waals surface area contributed by atoms with Crippen molar-refractivity contribution in [1.82, 2.24) is 9.88 Å². The van der Waals surface area contributed by atoms with Crippen LogP contribution in [0.2, 0.25) is 5.02 Å². The second-order valence-corrected chi connectivity index (χ2v) is 13.2. The van der Waals surface area contributed by atoms with E-state index in [9.17, 15) is 13.2 Å². The number of carbonyl (C=O) groups excluding carboxylic acids is 1. The summed E-state index contributed by atoms with van der Waals surface area (Å²) in [7, 11) is -3.58. The summed E-state index contributed by atoms with van der Waals surface area (Å²) in [5.41, 5.74) is 2.16. The number of hydrogen-bond acceptors (Lipinski definition) is 6. The Morgan fingerprint density at radius 1 is 1.06 bits per heavy atom. The van der Waals surface area contributed by atoms with Gasteiger partial charge in [0.2, 0.25) is 5.91 Å². The molecule has 6 nitrogen and oxygen atoms in total. The fourth-order valence-corrected chi connectivity index (χ4v) is 7.99. The average molecular weight is 530 g/mol. The molecule has 0 aliphatic carbocycles. The minimum absolute atomic E-state index is 0.00341. The lowest BCUT2D eigenvalue weighted by molar-refractivity contribution is -0.133. The fraction of sp³-hybridized carbons (Fsp3) is 0.385. The Labute approximate surface area is 215 Å². The van der Waals surface area contributed by atoms with Crippen LogP contribution in [0.3, 0.4) is 0 Å². The molecule has 2 saturated heterocycles. The summed E-state index contributed by atoms with van der Waals surface area (Å²) in [4.78, 5) is 21.8. The van der Waals surface area contributed by atoms with Gasteiger partial charge in [0.1, 0.15) is 0 Å². The third-order valence-electron chi connectivity index (χ3n) is 6.99.